The SMILES string of the molecule is COCCNC(=O)N1CCN(CCN(C)C(=O)c2cccc(C(=O)Nc3ccc(N4CCCCC4)cc3C3CC(C(=O)NCc4cccc(C(F)(F)F)c4)CCN3)c2)CC1. The number of hydrogen-bond donors (Lipinski definition) is 4. The summed E-state index contributed by atoms with van der Waals surface area (Å²) in [5.41, 5.74) is 2.77. The molecule has 3 aliphatic rings. The maximum absolute atomic E-state index is 13.9. The zero-order valence-electron chi connectivity index (χ0n) is 34.5. The van der Waals surface area contributed by atoms with Crippen molar-refractivity contribution in [3.63, 3.8) is 0 Å². The van der Waals surface area contributed by atoms with E-state index in [4.69, 9.17) is 4.74 Å². The number of rotatable bonds is 14. The number of carbonyl (C=O) groups excluding carboxylic acids is 4. The molecule has 0 aliphatic carbocycles. The summed E-state index contributed by atoms with van der Waals surface area (Å²) in [5.74, 6) is -1.22. The van der Waals surface area contributed by atoms with Gasteiger partial charge in [0.1, 0.15) is 0 Å². The zero-order chi connectivity index (χ0) is 42.6. The van der Waals surface area contributed by atoms with Crippen LogP contribution in [0.1, 0.15) is 75.6 Å². The lowest BCUT2D eigenvalue weighted by Gasteiger charge is -2.35. The number of likely N-dealkylation sites (N-methyl/N-ethyl adjacent to an activating group) is 1. The molecular weight excluding hydrogens is 778 g/mol. The Hall–Kier alpha value is -5.19. The second-order valence-corrected chi connectivity index (χ2v) is 15.8. The third-order valence-electron chi connectivity index (χ3n) is 11.6. The van der Waals surface area contributed by atoms with Crippen LogP contribution in [0.5, 0.6) is 0 Å². The van der Waals surface area contributed by atoms with Gasteiger partial charge in [-0.3, -0.25) is 19.3 Å². The van der Waals surface area contributed by atoms with Crippen LogP contribution >= 0.6 is 0 Å². The molecule has 0 aromatic heterocycles. The third-order valence-corrected chi connectivity index (χ3v) is 11.6. The molecule has 2 unspecified atom stereocenters. The molecule has 0 radical (unpaired) electrons. The number of amides is 5. The summed E-state index contributed by atoms with van der Waals surface area (Å²) in [5, 5.41) is 12.3. The fraction of sp³-hybridized carbons (Fsp3) is 0.500. The van der Waals surface area contributed by atoms with Gasteiger partial charge in [-0.25, -0.2) is 4.79 Å². The number of carbonyl (C=O) groups is 4. The molecule has 3 saturated heterocycles. The van der Waals surface area contributed by atoms with Gasteiger partial charge in [-0.2, -0.15) is 13.2 Å². The molecule has 16 heteroatoms. The van der Waals surface area contributed by atoms with Gasteiger partial charge >= 0.3 is 12.2 Å². The van der Waals surface area contributed by atoms with Crippen LogP contribution in [0.25, 0.3) is 0 Å². The highest BCUT2D eigenvalue weighted by atomic mass is 19.4. The molecule has 3 aromatic carbocycles. The minimum absolute atomic E-state index is 0.0185. The summed E-state index contributed by atoms with van der Waals surface area (Å²) < 4.78 is 44.8. The molecule has 3 aliphatic heterocycles. The number of ether oxygens (including phenoxy) is 1. The summed E-state index contributed by atoms with van der Waals surface area (Å²) in [6.45, 7) is 6.97. The van der Waals surface area contributed by atoms with E-state index in [-0.39, 0.29) is 36.3 Å². The lowest BCUT2D eigenvalue weighted by atomic mass is 9.87. The summed E-state index contributed by atoms with van der Waals surface area (Å²) in [4.78, 5) is 61.2. The summed E-state index contributed by atoms with van der Waals surface area (Å²) in [6.07, 6.45) is -0.149. The average molecular weight is 835 g/mol. The van der Waals surface area contributed by atoms with E-state index in [0.29, 0.717) is 94.2 Å². The van der Waals surface area contributed by atoms with Crippen LogP contribution in [0, 0.1) is 5.92 Å². The van der Waals surface area contributed by atoms with E-state index in [9.17, 15) is 32.3 Å². The number of nitrogens with one attached hydrogen (secondary N) is 4. The smallest absolute Gasteiger partial charge is 0.383 e. The predicted octanol–water partition coefficient (Wildman–Crippen LogP) is 5.35. The van der Waals surface area contributed by atoms with E-state index in [1.54, 1.807) is 54.3 Å². The number of alkyl halides is 3. The van der Waals surface area contributed by atoms with Crippen molar-refractivity contribution in [3.05, 3.63) is 94.5 Å². The second kappa shape index (κ2) is 20.9. The summed E-state index contributed by atoms with van der Waals surface area (Å²) >= 11 is 0. The monoisotopic (exact) mass is 834 g/mol. The van der Waals surface area contributed by atoms with E-state index in [0.717, 1.165) is 49.3 Å². The number of anilines is 2. The highest BCUT2D eigenvalue weighted by molar-refractivity contribution is 6.06. The minimum Gasteiger partial charge on any atom is -0.383 e. The molecule has 3 heterocycles. The highest BCUT2D eigenvalue weighted by Crippen LogP contribution is 2.36. The Morgan fingerprint density at radius 3 is 2.38 bits per heavy atom. The van der Waals surface area contributed by atoms with E-state index >= 15 is 0 Å². The molecule has 6 rings (SSSR count). The molecule has 2 atom stereocenters. The topological polar surface area (TPSA) is 139 Å². The Balaban J connectivity index is 1.09. The Labute approximate surface area is 350 Å². The van der Waals surface area contributed by atoms with Gasteiger partial charge in [0, 0.05) is 114 Å². The largest absolute Gasteiger partial charge is 0.416 e. The standard InChI is InChI=1S/C44H57F3N8O5/c1-52(19-20-53-21-23-55(24-22-53)43(59)49-16-25-60-2)42(58)34-10-7-9-32(27-34)41(57)51-38-13-12-36(54-17-4-3-5-18-54)29-37(38)39-28-33(14-15-48-39)40(56)50-30-31-8-6-11-35(26-31)44(45,46)47/h6-13,26-27,29,33,39,48H,3-5,14-25,28,30H2,1-2H3,(H,49,59)(H,50,56)(H,51,57). The normalized spacial score (nSPS) is 18.8. The molecule has 5 amide bonds. The van der Waals surface area contributed by atoms with Crippen LogP contribution < -0.4 is 26.2 Å². The first-order valence-corrected chi connectivity index (χ1v) is 20.9. The third kappa shape index (κ3) is 12.0. The van der Waals surface area contributed by atoms with Crippen molar-refractivity contribution in [2.24, 2.45) is 5.92 Å². The van der Waals surface area contributed by atoms with E-state index < -0.39 is 17.7 Å². The van der Waals surface area contributed by atoms with Gasteiger partial charge in [-0.1, -0.05) is 18.2 Å². The van der Waals surface area contributed by atoms with Crippen molar-refractivity contribution in [2.75, 3.05) is 96.4 Å². The first-order valence-electron chi connectivity index (χ1n) is 20.9. The van der Waals surface area contributed by atoms with Gasteiger partial charge < -0.3 is 40.7 Å². The number of methoxy groups -OCH3 is 1. The lowest BCUT2D eigenvalue weighted by Crippen LogP contribution is -2.53. The van der Waals surface area contributed by atoms with Crippen molar-refractivity contribution < 1.29 is 37.1 Å². The van der Waals surface area contributed by atoms with E-state index in [1.807, 2.05) is 12.1 Å². The number of piperazine rings is 1. The molecular formula is C44H57F3N8O5. The van der Waals surface area contributed by atoms with Crippen LogP contribution in [0.4, 0.5) is 29.3 Å². The molecule has 324 valence electrons. The maximum atomic E-state index is 13.9. The Morgan fingerprint density at radius 1 is 0.883 bits per heavy atom. The van der Waals surface area contributed by atoms with Gasteiger partial charge in [-0.15, -0.1) is 0 Å². The molecule has 13 nitrogen and oxygen atoms in total. The molecule has 3 aromatic rings. The van der Waals surface area contributed by atoms with Crippen LogP contribution in [-0.4, -0.2) is 125 Å². The van der Waals surface area contributed by atoms with Gasteiger partial charge in [0.05, 0.1) is 12.2 Å². The lowest BCUT2D eigenvalue weighted by molar-refractivity contribution is -0.137. The molecule has 3 fully saturated rings. The fourth-order valence-corrected chi connectivity index (χ4v) is 8.03. The van der Waals surface area contributed by atoms with Crippen molar-refractivity contribution >= 4 is 35.1 Å². The number of nitrogens with zero attached hydrogens (tertiary/aromatic N) is 4. The van der Waals surface area contributed by atoms with Crippen LogP contribution in [0.15, 0.2) is 66.7 Å². The molecule has 0 saturated carbocycles. The average Bonchev–Trinajstić information content (AvgIpc) is 3.27. The Bertz CT molecular complexity index is 1950. The first kappa shape index (κ1) is 44.4. The van der Waals surface area contributed by atoms with Crippen molar-refractivity contribution in [2.45, 2.75) is 50.9 Å². The quantitative estimate of drug-likeness (QED) is 0.160. The minimum atomic E-state index is -4.47. The fourth-order valence-electron chi connectivity index (χ4n) is 8.03. The number of piperidine rings is 2. The number of benzene rings is 3. The van der Waals surface area contributed by atoms with Gasteiger partial charge in [0.15, 0.2) is 0 Å². The van der Waals surface area contributed by atoms with Crippen molar-refractivity contribution in [1.82, 2.24) is 30.7 Å². The highest BCUT2D eigenvalue weighted by Gasteiger charge is 2.32. The maximum Gasteiger partial charge on any atom is 0.416 e. The van der Waals surface area contributed by atoms with E-state index in [1.165, 1.54) is 12.5 Å². The van der Waals surface area contributed by atoms with Crippen LogP contribution in [-0.2, 0) is 22.3 Å². The molecule has 0 spiro atoms. The van der Waals surface area contributed by atoms with Crippen LogP contribution in [0.3, 0.4) is 0 Å². The molecule has 0 bridgehead atoms. The molecule has 4 N–H and O–H groups in total. The molecule has 60 heavy (non-hydrogen) atoms. The second-order valence-electron chi connectivity index (χ2n) is 15.8. The Kier molecular flexibility index (Phi) is 15.4. The van der Waals surface area contributed by atoms with Gasteiger partial charge in [0.2, 0.25) is 5.91 Å². The van der Waals surface area contributed by atoms with Gasteiger partial charge in [0.25, 0.3) is 11.8 Å². The van der Waals surface area contributed by atoms with E-state index in [2.05, 4.69) is 37.1 Å². The van der Waals surface area contributed by atoms with Crippen LogP contribution in [0.2, 0.25) is 0 Å². The summed E-state index contributed by atoms with van der Waals surface area (Å²) in [7, 11) is 3.33. The summed E-state index contributed by atoms with van der Waals surface area (Å²) in [6, 6.07) is 17.2. The number of hydrogen-bond acceptors (Lipinski definition) is 8. The van der Waals surface area contributed by atoms with Gasteiger partial charge in [-0.05, 0) is 98.3 Å². The Morgan fingerprint density at radius 2 is 1.63 bits per heavy atom. The predicted molar refractivity (Wildman–Crippen MR) is 224 cm³/mol. The van der Waals surface area contributed by atoms with Crippen molar-refractivity contribution in [1.29, 1.82) is 0 Å². The first-order chi connectivity index (χ1) is 28.9. The van der Waals surface area contributed by atoms with Crippen molar-refractivity contribution in [3.8, 4) is 0 Å². The zero-order valence-corrected chi connectivity index (χ0v) is 34.5. The number of urea groups is 1. The number of halogens is 3.